The highest BCUT2D eigenvalue weighted by atomic mass is 16.6. The Morgan fingerprint density at radius 2 is 1.53 bits per heavy atom. The van der Waals surface area contributed by atoms with Crippen molar-refractivity contribution in [1.29, 1.82) is 0 Å². The van der Waals surface area contributed by atoms with Gasteiger partial charge in [-0.1, -0.05) is 13.8 Å². The van der Waals surface area contributed by atoms with Crippen LogP contribution in [-0.4, -0.2) is 28.3 Å². The van der Waals surface area contributed by atoms with Crippen molar-refractivity contribution in [3.63, 3.8) is 0 Å². The number of hydrogen-bond donors (Lipinski definition) is 2. The zero-order chi connectivity index (χ0) is 14.7. The third kappa shape index (κ3) is 2.52. The Hall–Kier alpha value is -0.610. The standard InChI is InChI=1S/C15H28N2O2/c1-10(2)14(7)16-11(18)15(19-14)8-12(3,4)17-13(5,6)9-15/h10,17H,8-9H2,1-7H3,(H,16,18). The first-order valence-corrected chi connectivity index (χ1v) is 7.22. The SMILES string of the molecule is CC(C)C1(C)NC(=O)C2(CC(C)(C)NC(C)(C)C2)O1. The lowest BCUT2D eigenvalue weighted by Crippen LogP contribution is -2.65. The first-order valence-electron chi connectivity index (χ1n) is 7.22. The molecule has 0 aliphatic carbocycles. The van der Waals surface area contributed by atoms with Crippen LogP contribution in [0.3, 0.4) is 0 Å². The van der Waals surface area contributed by atoms with Crippen LogP contribution in [0.15, 0.2) is 0 Å². The molecule has 1 unspecified atom stereocenters. The van der Waals surface area contributed by atoms with E-state index in [0.717, 1.165) is 0 Å². The van der Waals surface area contributed by atoms with Crippen molar-refractivity contribution in [2.24, 2.45) is 5.92 Å². The van der Waals surface area contributed by atoms with E-state index >= 15 is 0 Å². The summed E-state index contributed by atoms with van der Waals surface area (Å²) in [5.74, 6) is 0.295. The maximum atomic E-state index is 12.6. The lowest BCUT2D eigenvalue weighted by Gasteiger charge is -2.50. The molecular formula is C15H28N2O2. The minimum atomic E-state index is -0.697. The Morgan fingerprint density at radius 1 is 1.05 bits per heavy atom. The van der Waals surface area contributed by atoms with Crippen molar-refractivity contribution in [3.8, 4) is 0 Å². The quantitative estimate of drug-likeness (QED) is 0.766. The minimum Gasteiger partial charge on any atom is -0.339 e. The van der Waals surface area contributed by atoms with Gasteiger partial charge in [-0.2, -0.15) is 0 Å². The highest BCUT2D eigenvalue weighted by molar-refractivity contribution is 5.88. The number of rotatable bonds is 1. The molecule has 2 aliphatic heterocycles. The van der Waals surface area contributed by atoms with Gasteiger partial charge in [-0.25, -0.2) is 0 Å². The third-order valence-corrected chi connectivity index (χ3v) is 4.42. The maximum absolute atomic E-state index is 12.6. The predicted molar refractivity (Wildman–Crippen MR) is 75.7 cm³/mol. The number of hydrogen-bond acceptors (Lipinski definition) is 3. The molecule has 2 saturated heterocycles. The molecule has 19 heavy (non-hydrogen) atoms. The molecule has 1 atom stereocenters. The molecule has 2 rings (SSSR count). The molecule has 2 fully saturated rings. The van der Waals surface area contributed by atoms with Crippen LogP contribution in [-0.2, 0) is 9.53 Å². The fourth-order valence-corrected chi connectivity index (χ4v) is 3.81. The van der Waals surface area contributed by atoms with Crippen LogP contribution in [0.5, 0.6) is 0 Å². The van der Waals surface area contributed by atoms with E-state index in [9.17, 15) is 4.79 Å². The predicted octanol–water partition coefficient (Wildman–Crippen LogP) is 2.18. The molecule has 0 radical (unpaired) electrons. The van der Waals surface area contributed by atoms with Gasteiger partial charge >= 0.3 is 0 Å². The summed E-state index contributed by atoms with van der Waals surface area (Å²) < 4.78 is 6.32. The molecule has 2 N–H and O–H groups in total. The van der Waals surface area contributed by atoms with Crippen molar-refractivity contribution in [1.82, 2.24) is 10.6 Å². The Kier molecular flexibility index (Phi) is 3.08. The first-order chi connectivity index (χ1) is 8.40. The smallest absolute Gasteiger partial charge is 0.254 e. The summed E-state index contributed by atoms with van der Waals surface area (Å²) in [5, 5.41) is 6.68. The molecule has 0 saturated carbocycles. The summed E-state index contributed by atoms with van der Waals surface area (Å²) in [7, 11) is 0. The number of carbonyl (C=O) groups is 1. The van der Waals surface area contributed by atoms with E-state index in [1.165, 1.54) is 0 Å². The molecule has 4 heteroatoms. The highest BCUT2D eigenvalue weighted by Gasteiger charge is 2.60. The molecule has 0 aromatic carbocycles. The van der Waals surface area contributed by atoms with Gasteiger partial charge in [0.1, 0.15) is 5.72 Å². The fourth-order valence-electron chi connectivity index (χ4n) is 3.81. The second-order valence-electron chi connectivity index (χ2n) is 8.06. The Labute approximate surface area is 116 Å². The molecule has 2 heterocycles. The maximum Gasteiger partial charge on any atom is 0.254 e. The topological polar surface area (TPSA) is 50.4 Å². The molecule has 110 valence electrons. The van der Waals surface area contributed by atoms with Crippen LogP contribution < -0.4 is 10.6 Å². The normalized spacial score (nSPS) is 35.7. The zero-order valence-electron chi connectivity index (χ0n) is 13.3. The van der Waals surface area contributed by atoms with E-state index in [0.29, 0.717) is 12.8 Å². The van der Waals surface area contributed by atoms with Gasteiger partial charge in [-0.05, 0) is 34.6 Å². The average molecular weight is 268 g/mol. The summed E-state index contributed by atoms with van der Waals surface area (Å²) in [6.07, 6.45) is 1.41. The van der Waals surface area contributed by atoms with Gasteiger partial charge in [0.2, 0.25) is 0 Å². The molecule has 0 aromatic rings. The molecule has 1 spiro atoms. The van der Waals surface area contributed by atoms with Crippen molar-refractivity contribution in [2.45, 2.75) is 83.7 Å². The van der Waals surface area contributed by atoms with Crippen molar-refractivity contribution < 1.29 is 9.53 Å². The van der Waals surface area contributed by atoms with Gasteiger partial charge < -0.3 is 15.4 Å². The van der Waals surface area contributed by atoms with E-state index in [2.05, 4.69) is 52.2 Å². The van der Waals surface area contributed by atoms with Crippen LogP contribution >= 0.6 is 0 Å². The van der Waals surface area contributed by atoms with E-state index in [1.807, 2.05) is 6.92 Å². The lowest BCUT2D eigenvalue weighted by atomic mass is 9.72. The van der Waals surface area contributed by atoms with Gasteiger partial charge in [0.25, 0.3) is 5.91 Å². The van der Waals surface area contributed by atoms with Crippen LogP contribution in [0, 0.1) is 5.92 Å². The third-order valence-electron chi connectivity index (χ3n) is 4.42. The summed E-state index contributed by atoms with van der Waals surface area (Å²) in [4.78, 5) is 12.6. The lowest BCUT2D eigenvalue weighted by molar-refractivity contribution is -0.166. The highest BCUT2D eigenvalue weighted by Crippen LogP contribution is 2.45. The Bertz CT molecular complexity index is 385. The number of nitrogens with one attached hydrogen (secondary N) is 2. The molecule has 1 amide bonds. The van der Waals surface area contributed by atoms with E-state index in [4.69, 9.17) is 4.74 Å². The number of piperidine rings is 1. The van der Waals surface area contributed by atoms with Gasteiger partial charge in [0.05, 0.1) is 0 Å². The van der Waals surface area contributed by atoms with Gasteiger partial charge in [-0.3, -0.25) is 4.79 Å². The number of carbonyl (C=O) groups excluding carboxylic acids is 1. The Morgan fingerprint density at radius 3 is 1.89 bits per heavy atom. The van der Waals surface area contributed by atoms with Crippen LogP contribution in [0.4, 0.5) is 0 Å². The second kappa shape index (κ2) is 3.95. The summed E-state index contributed by atoms with van der Waals surface area (Å²) >= 11 is 0. The summed E-state index contributed by atoms with van der Waals surface area (Å²) in [6, 6.07) is 0. The summed E-state index contributed by atoms with van der Waals surface area (Å²) in [5.41, 5.74) is -1.47. The van der Waals surface area contributed by atoms with E-state index in [1.54, 1.807) is 0 Å². The average Bonchev–Trinajstić information content (AvgIpc) is 2.32. The molecule has 0 aromatic heterocycles. The van der Waals surface area contributed by atoms with Gasteiger partial charge in [0.15, 0.2) is 5.60 Å². The van der Waals surface area contributed by atoms with Crippen LogP contribution in [0.1, 0.15) is 61.3 Å². The van der Waals surface area contributed by atoms with Crippen molar-refractivity contribution in [3.05, 3.63) is 0 Å². The van der Waals surface area contributed by atoms with Gasteiger partial charge in [-0.15, -0.1) is 0 Å². The van der Waals surface area contributed by atoms with Crippen molar-refractivity contribution in [2.75, 3.05) is 0 Å². The largest absolute Gasteiger partial charge is 0.339 e. The fraction of sp³-hybridized carbons (Fsp3) is 0.933. The van der Waals surface area contributed by atoms with Crippen LogP contribution in [0.2, 0.25) is 0 Å². The second-order valence-corrected chi connectivity index (χ2v) is 8.06. The van der Waals surface area contributed by atoms with E-state index < -0.39 is 11.3 Å². The number of ether oxygens (including phenoxy) is 1. The Balaban J connectivity index is 2.35. The van der Waals surface area contributed by atoms with E-state index in [-0.39, 0.29) is 22.9 Å². The van der Waals surface area contributed by atoms with Crippen LogP contribution in [0.25, 0.3) is 0 Å². The molecule has 4 nitrogen and oxygen atoms in total. The number of amides is 1. The van der Waals surface area contributed by atoms with Gasteiger partial charge in [0, 0.05) is 29.8 Å². The monoisotopic (exact) mass is 268 g/mol. The summed E-state index contributed by atoms with van der Waals surface area (Å²) in [6.45, 7) is 14.7. The minimum absolute atomic E-state index is 0.0475. The zero-order valence-corrected chi connectivity index (χ0v) is 13.3. The molecule has 2 aliphatic rings. The first kappa shape index (κ1) is 14.8. The molecular weight excluding hydrogens is 240 g/mol. The molecule has 0 bridgehead atoms. The van der Waals surface area contributed by atoms with Crippen molar-refractivity contribution >= 4 is 5.91 Å².